The number of nitriles is 1. The molecule has 0 atom stereocenters. The van der Waals surface area contributed by atoms with Gasteiger partial charge in [0.15, 0.2) is 6.29 Å². The van der Waals surface area contributed by atoms with Crippen molar-refractivity contribution in [2.24, 2.45) is 4.99 Å². The van der Waals surface area contributed by atoms with E-state index in [-0.39, 0.29) is 30.6 Å². The van der Waals surface area contributed by atoms with Crippen molar-refractivity contribution in [3.8, 4) is 18.4 Å². The third-order valence-corrected chi connectivity index (χ3v) is 5.92. The molecule has 0 saturated carbocycles. The van der Waals surface area contributed by atoms with Crippen LogP contribution in [-0.4, -0.2) is 67.7 Å². The summed E-state index contributed by atoms with van der Waals surface area (Å²) in [6.07, 6.45) is 9.25. The van der Waals surface area contributed by atoms with Crippen molar-refractivity contribution >= 4 is 30.8 Å². The van der Waals surface area contributed by atoms with Crippen LogP contribution in [0.15, 0.2) is 34.2 Å². The number of terminal acetylenes is 1. The highest BCUT2D eigenvalue weighted by molar-refractivity contribution is 5.94. The van der Waals surface area contributed by atoms with E-state index in [4.69, 9.17) is 11.2 Å². The van der Waals surface area contributed by atoms with Gasteiger partial charge in [-0.15, -0.1) is 12.3 Å². The van der Waals surface area contributed by atoms with Crippen LogP contribution in [0.1, 0.15) is 41.4 Å². The number of rotatable bonds is 9. The molecule has 2 aliphatic heterocycles. The average molecular weight is 504 g/mol. The Morgan fingerprint density at radius 3 is 2.92 bits per heavy atom. The molecule has 2 aliphatic rings. The lowest BCUT2D eigenvalue weighted by Crippen LogP contribution is -2.43. The van der Waals surface area contributed by atoms with Crippen molar-refractivity contribution in [2.45, 2.75) is 32.7 Å². The Morgan fingerprint density at radius 1 is 1.43 bits per heavy atom. The van der Waals surface area contributed by atoms with E-state index < -0.39 is 6.03 Å². The molecule has 1 aromatic rings. The van der Waals surface area contributed by atoms with Gasteiger partial charge in [0.2, 0.25) is 5.91 Å². The first-order chi connectivity index (χ1) is 17.9. The van der Waals surface area contributed by atoms with Gasteiger partial charge in [-0.1, -0.05) is 0 Å². The largest absolute Gasteiger partial charge is 0.383 e. The molecular weight excluding hydrogens is 474 g/mol. The SMILES string of the molecule is C#CCCNC(/C=C(\N=C)NC(=O)N1CCCc2cc(CN3CCOCC3=O)c(C=O)nc21)=C(/C)C#N. The number of aldehydes is 1. The van der Waals surface area contributed by atoms with E-state index in [9.17, 15) is 19.6 Å². The second kappa shape index (κ2) is 13.0. The number of nitrogens with one attached hydrogen (secondary N) is 2. The van der Waals surface area contributed by atoms with Crippen molar-refractivity contribution in [1.82, 2.24) is 20.5 Å². The first kappa shape index (κ1) is 27.1. The number of urea groups is 1. The summed E-state index contributed by atoms with van der Waals surface area (Å²) in [5.74, 6) is 2.88. The van der Waals surface area contributed by atoms with Gasteiger partial charge in [-0.05, 0) is 38.1 Å². The molecule has 2 N–H and O–H groups in total. The molecule has 0 aromatic carbocycles. The van der Waals surface area contributed by atoms with Crippen LogP contribution in [0, 0.1) is 23.7 Å². The minimum atomic E-state index is -0.502. The normalized spacial score (nSPS) is 16.1. The smallest absolute Gasteiger partial charge is 0.328 e. The average Bonchev–Trinajstić information content (AvgIpc) is 2.91. The fraction of sp³-hybridized carbons (Fsp3) is 0.385. The van der Waals surface area contributed by atoms with Gasteiger partial charge in [0.1, 0.15) is 23.9 Å². The Bertz CT molecular complexity index is 1220. The Hall–Kier alpha value is -4.48. The second-order valence-electron chi connectivity index (χ2n) is 8.41. The molecule has 0 bridgehead atoms. The molecule has 0 spiro atoms. The minimum Gasteiger partial charge on any atom is -0.383 e. The molecule has 3 heterocycles. The first-order valence-electron chi connectivity index (χ1n) is 11.8. The van der Waals surface area contributed by atoms with Crippen molar-refractivity contribution < 1.29 is 19.1 Å². The predicted octanol–water partition coefficient (Wildman–Crippen LogP) is 1.67. The fourth-order valence-electron chi connectivity index (χ4n) is 3.96. The summed E-state index contributed by atoms with van der Waals surface area (Å²) in [6, 6.07) is 3.40. The number of carbonyl (C=O) groups is 3. The van der Waals surface area contributed by atoms with Gasteiger partial charge in [-0.2, -0.15) is 5.26 Å². The standard InChI is InChI=1S/C26H29N7O4/c1-4-5-8-29-21(18(2)14-27)13-23(28-3)31-26(36)33-9-6-7-19-12-20(22(16-34)30-25(19)33)15-32-10-11-37-17-24(32)35/h1,12-13,16,29H,3,5-11,15,17H2,2H3,(H,31,36)/b21-18-,23-13+. The molecule has 0 radical (unpaired) electrons. The number of anilines is 1. The molecule has 11 nitrogen and oxygen atoms in total. The van der Waals surface area contributed by atoms with E-state index in [0.29, 0.717) is 74.4 Å². The molecule has 37 heavy (non-hydrogen) atoms. The Morgan fingerprint density at radius 2 is 2.24 bits per heavy atom. The number of nitrogens with zero attached hydrogens (tertiary/aromatic N) is 5. The number of amides is 3. The van der Waals surface area contributed by atoms with Crippen LogP contribution in [0.5, 0.6) is 0 Å². The minimum absolute atomic E-state index is 0.0140. The second-order valence-corrected chi connectivity index (χ2v) is 8.41. The van der Waals surface area contributed by atoms with Crippen molar-refractivity contribution in [3.05, 3.63) is 46.1 Å². The quantitative estimate of drug-likeness (QED) is 0.130. The number of carbonyl (C=O) groups excluding carboxylic acids is 3. The summed E-state index contributed by atoms with van der Waals surface area (Å²) < 4.78 is 5.17. The predicted molar refractivity (Wildman–Crippen MR) is 137 cm³/mol. The van der Waals surface area contributed by atoms with Crippen LogP contribution < -0.4 is 15.5 Å². The zero-order chi connectivity index (χ0) is 26.8. The van der Waals surface area contributed by atoms with Gasteiger partial charge in [-0.25, -0.2) is 14.8 Å². The molecule has 0 aliphatic carbocycles. The van der Waals surface area contributed by atoms with Gasteiger partial charge in [0, 0.05) is 49.8 Å². The number of hydrogen-bond acceptors (Lipinski definition) is 8. The number of aromatic nitrogens is 1. The zero-order valence-corrected chi connectivity index (χ0v) is 20.7. The van der Waals surface area contributed by atoms with Crippen molar-refractivity contribution in [2.75, 3.05) is 37.7 Å². The van der Waals surface area contributed by atoms with Crippen LogP contribution in [0.2, 0.25) is 0 Å². The summed E-state index contributed by atoms with van der Waals surface area (Å²) in [5.41, 5.74) is 2.45. The molecule has 0 unspecified atom stereocenters. The Labute approximate surface area is 215 Å². The van der Waals surface area contributed by atoms with Crippen LogP contribution >= 0.6 is 0 Å². The Balaban J connectivity index is 1.84. The highest BCUT2D eigenvalue weighted by Crippen LogP contribution is 2.28. The van der Waals surface area contributed by atoms with Gasteiger partial charge >= 0.3 is 6.03 Å². The third-order valence-electron chi connectivity index (χ3n) is 5.92. The van der Waals surface area contributed by atoms with Crippen LogP contribution in [0.3, 0.4) is 0 Å². The van der Waals surface area contributed by atoms with Crippen LogP contribution in [0.25, 0.3) is 0 Å². The highest BCUT2D eigenvalue weighted by Gasteiger charge is 2.27. The maximum atomic E-state index is 13.2. The molecule has 1 aromatic heterocycles. The molecular formula is C26H29N7O4. The fourth-order valence-corrected chi connectivity index (χ4v) is 3.96. The highest BCUT2D eigenvalue weighted by atomic mass is 16.5. The number of fused-ring (bicyclic) bond motifs is 1. The zero-order valence-electron chi connectivity index (χ0n) is 20.7. The van der Waals surface area contributed by atoms with Crippen LogP contribution in [-0.2, 0) is 22.5 Å². The summed E-state index contributed by atoms with van der Waals surface area (Å²) >= 11 is 0. The number of aliphatic imine (C=N–C) groups is 1. The van der Waals surface area contributed by atoms with Crippen molar-refractivity contribution in [1.29, 1.82) is 5.26 Å². The molecule has 192 valence electrons. The van der Waals surface area contributed by atoms with Crippen molar-refractivity contribution in [3.63, 3.8) is 0 Å². The number of morpholine rings is 1. The molecule has 3 rings (SSSR count). The molecule has 1 saturated heterocycles. The summed E-state index contributed by atoms with van der Waals surface area (Å²) in [7, 11) is 0. The first-order valence-corrected chi connectivity index (χ1v) is 11.8. The number of aryl methyl sites for hydroxylation is 1. The van der Waals surface area contributed by atoms with Gasteiger partial charge in [0.05, 0.1) is 18.4 Å². The lowest BCUT2D eigenvalue weighted by atomic mass is 10.0. The van der Waals surface area contributed by atoms with E-state index in [1.165, 1.54) is 11.0 Å². The lowest BCUT2D eigenvalue weighted by molar-refractivity contribution is -0.143. The van der Waals surface area contributed by atoms with E-state index in [0.717, 1.165) is 5.56 Å². The van der Waals surface area contributed by atoms with E-state index in [1.807, 2.05) is 6.07 Å². The maximum Gasteiger partial charge on any atom is 0.328 e. The third kappa shape index (κ3) is 6.81. The summed E-state index contributed by atoms with van der Waals surface area (Å²) in [6.45, 7) is 7.11. The van der Waals surface area contributed by atoms with E-state index in [2.05, 4.69) is 39.3 Å². The lowest BCUT2D eigenvalue weighted by Gasteiger charge is -2.31. The van der Waals surface area contributed by atoms with Gasteiger partial charge < -0.3 is 15.0 Å². The molecule has 11 heteroatoms. The number of hydrogen-bond donors (Lipinski definition) is 2. The Kier molecular flexibility index (Phi) is 9.53. The molecule has 3 amide bonds. The topological polar surface area (TPSA) is 140 Å². The van der Waals surface area contributed by atoms with Crippen LogP contribution in [0.4, 0.5) is 10.6 Å². The van der Waals surface area contributed by atoms with Gasteiger partial charge in [-0.3, -0.25) is 19.8 Å². The van der Waals surface area contributed by atoms with E-state index >= 15 is 0 Å². The summed E-state index contributed by atoms with van der Waals surface area (Å²) in [5, 5.41) is 15.1. The van der Waals surface area contributed by atoms with E-state index in [1.54, 1.807) is 11.8 Å². The number of ether oxygens (including phenoxy) is 1. The van der Waals surface area contributed by atoms with Gasteiger partial charge in [0.25, 0.3) is 0 Å². The monoisotopic (exact) mass is 503 g/mol. The maximum absolute atomic E-state index is 13.2. The summed E-state index contributed by atoms with van der Waals surface area (Å²) in [4.78, 5) is 48.7. The molecule has 1 fully saturated rings. The number of allylic oxidation sites excluding steroid dienone is 2. The number of pyridine rings is 1.